The van der Waals surface area contributed by atoms with E-state index in [1.54, 1.807) is 0 Å². The zero-order valence-electron chi connectivity index (χ0n) is 8.98. The van der Waals surface area contributed by atoms with Crippen molar-refractivity contribution in [2.45, 2.75) is 38.7 Å². The number of rotatable bonds is 3. The maximum Gasteiger partial charge on any atom is 0.293 e. The molecule has 15 heavy (non-hydrogen) atoms. The van der Waals surface area contributed by atoms with Crippen LogP contribution in [0.15, 0.2) is 0 Å². The Morgan fingerprint density at radius 3 is 2.93 bits per heavy atom. The third-order valence-electron chi connectivity index (χ3n) is 2.90. The first-order valence-electron chi connectivity index (χ1n) is 5.46. The van der Waals surface area contributed by atoms with Crippen molar-refractivity contribution in [1.82, 2.24) is 9.36 Å². The zero-order valence-corrected chi connectivity index (χ0v) is 9.80. The molecule has 2 unspecified atom stereocenters. The van der Waals surface area contributed by atoms with Gasteiger partial charge in [0.25, 0.3) is 5.19 Å². The molecule has 2 rings (SSSR count). The highest BCUT2D eigenvalue weighted by atomic mass is 32.1. The van der Waals surface area contributed by atoms with Crippen molar-refractivity contribution in [3.05, 3.63) is 5.82 Å². The summed E-state index contributed by atoms with van der Waals surface area (Å²) >= 11 is 1.33. The van der Waals surface area contributed by atoms with E-state index in [0.29, 0.717) is 17.7 Å². The Labute approximate surface area is 94.0 Å². The van der Waals surface area contributed by atoms with Gasteiger partial charge in [0.15, 0.2) is 0 Å². The molecule has 2 N–H and O–H groups in total. The summed E-state index contributed by atoms with van der Waals surface area (Å²) < 4.78 is 9.95. The SMILES string of the molecule is Cc1nsc(OC2CCCCC2CN)n1. The van der Waals surface area contributed by atoms with Crippen LogP contribution in [0.2, 0.25) is 0 Å². The number of hydrogen-bond acceptors (Lipinski definition) is 5. The highest BCUT2D eigenvalue weighted by Gasteiger charge is 2.26. The molecule has 1 aromatic rings. The Hall–Kier alpha value is -0.680. The highest BCUT2D eigenvalue weighted by Crippen LogP contribution is 2.28. The summed E-state index contributed by atoms with van der Waals surface area (Å²) in [5.41, 5.74) is 5.74. The molecule has 1 aliphatic rings. The summed E-state index contributed by atoms with van der Waals surface area (Å²) in [6.07, 6.45) is 5.03. The second-order valence-corrected chi connectivity index (χ2v) is 4.76. The summed E-state index contributed by atoms with van der Waals surface area (Å²) in [5, 5.41) is 0.692. The molecule has 84 valence electrons. The monoisotopic (exact) mass is 227 g/mol. The van der Waals surface area contributed by atoms with Gasteiger partial charge in [0, 0.05) is 17.5 Å². The zero-order chi connectivity index (χ0) is 10.7. The summed E-state index contributed by atoms with van der Waals surface area (Å²) in [4.78, 5) is 4.22. The molecule has 0 aliphatic heterocycles. The van der Waals surface area contributed by atoms with Gasteiger partial charge in [0.2, 0.25) is 0 Å². The summed E-state index contributed by atoms with van der Waals surface area (Å²) in [7, 11) is 0. The van der Waals surface area contributed by atoms with E-state index < -0.39 is 0 Å². The van der Waals surface area contributed by atoms with E-state index >= 15 is 0 Å². The molecule has 0 radical (unpaired) electrons. The van der Waals surface area contributed by atoms with E-state index in [9.17, 15) is 0 Å². The molecule has 1 aromatic heterocycles. The number of ether oxygens (including phenoxy) is 1. The van der Waals surface area contributed by atoms with Crippen LogP contribution in [-0.2, 0) is 0 Å². The second-order valence-electron chi connectivity index (χ2n) is 4.04. The lowest BCUT2D eigenvalue weighted by atomic mass is 9.86. The van der Waals surface area contributed by atoms with Gasteiger partial charge in [-0.3, -0.25) is 0 Å². The van der Waals surface area contributed by atoms with Crippen LogP contribution in [0.5, 0.6) is 5.19 Å². The Bertz CT molecular complexity index is 315. The van der Waals surface area contributed by atoms with Crippen LogP contribution in [0.3, 0.4) is 0 Å². The van der Waals surface area contributed by atoms with Gasteiger partial charge in [0.1, 0.15) is 11.9 Å². The molecule has 5 heteroatoms. The topological polar surface area (TPSA) is 61.0 Å². The van der Waals surface area contributed by atoms with Crippen molar-refractivity contribution >= 4 is 11.5 Å². The van der Waals surface area contributed by atoms with Crippen molar-refractivity contribution in [2.75, 3.05) is 6.54 Å². The average Bonchev–Trinajstić information content (AvgIpc) is 2.65. The Balaban J connectivity index is 1.97. The largest absolute Gasteiger partial charge is 0.465 e. The third kappa shape index (κ3) is 2.66. The number of nitrogens with two attached hydrogens (primary N) is 1. The van der Waals surface area contributed by atoms with Gasteiger partial charge in [-0.05, 0) is 32.7 Å². The van der Waals surface area contributed by atoms with Gasteiger partial charge in [-0.25, -0.2) is 0 Å². The van der Waals surface area contributed by atoms with Crippen LogP contribution >= 0.6 is 11.5 Å². The van der Waals surface area contributed by atoms with Crippen LogP contribution in [0.4, 0.5) is 0 Å². The normalized spacial score (nSPS) is 26.5. The molecule has 0 amide bonds. The lowest BCUT2D eigenvalue weighted by molar-refractivity contribution is 0.0966. The van der Waals surface area contributed by atoms with E-state index in [0.717, 1.165) is 12.2 Å². The van der Waals surface area contributed by atoms with E-state index in [1.165, 1.54) is 30.8 Å². The number of aryl methyl sites for hydroxylation is 1. The molecule has 0 saturated heterocycles. The summed E-state index contributed by atoms with van der Waals surface area (Å²) in [6, 6.07) is 0. The maximum absolute atomic E-state index is 5.84. The van der Waals surface area contributed by atoms with Crippen LogP contribution in [0.25, 0.3) is 0 Å². The number of hydrogen-bond donors (Lipinski definition) is 1. The van der Waals surface area contributed by atoms with Crippen molar-refractivity contribution in [1.29, 1.82) is 0 Å². The fraction of sp³-hybridized carbons (Fsp3) is 0.800. The molecular weight excluding hydrogens is 210 g/mol. The molecule has 4 nitrogen and oxygen atoms in total. The second kappa shape index (κ2) is 4.90. The molecule has 1 aliphatic carbocycles. The fourth-order valence-electron chi connectivity index (χ4n) is 2.05. The standard InChI is InChI=1S/C10H17N3OS/c1-7-12-10(15-13-7)14-9-5-3-2-4-8(9)6-11/h8-9H,2-6,11H2,1H3. The lowest BCUT2D eigenvalue weighted by Gasteiger charge is -2.29. The molecule has 1 fully saturated rings. The van der Waals surface area contributed by atoms with E-state index in [2.05, 4.69) is 9.36 Å². The molecule has 0 bridgehead atoms. The smallest absolute Gasteiger partial charge is 0.293 e. The van der Waals surface area contributed by atoms with Crippen molar-refractivity contribution in [2.24, 2.45) is 11.7 Å². The van der Waals surface area contributed by atoms with Gasteiger partial charge < -0.3 is 10.5 Å². The van der Waals surface area contributed by atoms with Gasteiger partial charge in [-0.1, -0.05) is 6.42 Å². The first-order chi connectivity index (χ1) is 7.29. The van der Waals surface area contributed by atoms with Crippen LogP contribution in [0.1, 0.15) is 31.5 Å². The summed E-state index contributed by atoms with van der Waals surface area (Å²) in [6.45, 7) is 2.59. The Kier molecular flexibility index (Phi) is 3.53. The van der Waals surface area contributed by atoms with Gasteiger partial charge in [-0.2, -0.15) is 9.36 Å². The molecule has 2 atom stereocenters. The predicted octanol–water partition coefficient (Wildman–Crippen LogP) is 1.74. The lowest BCUT2D eigenvalue weighted by Crippen LogP contribution is -2.35. The third-order valence-corrected chi connectivity index (χ3v) is 3.60. The summed E-state index contributed by atoms with van der Waals surface area (Å²) in [5.74, 6) is 1.28. The van der Waals surface area contributed by atoms with Gasteiger partial charge in [0.05, 0.1) is 0 Å². The van der Waals surface area contributed by atoms with E-state index in [1.807, 2.05) is 6.92 Å². The number of nitrogens with zero attached hydrogens (tertiary/aromatic N) is 2. The molecule has 0 spiro atoms. The van der Waals surface area contributed by atoms with Crippen LogP contribution < -0.4 is 10.5 Å². The Morgan fingerprint density at radius 1 is 1.47 bits per heavy atom. The fourth-order valence-corrected chi connectivity index (χ4v) is 2.64. The predicted molar refractivity (Wildman–Crippen MR) is 60.1 cm³/mol. The first-order valence-corrected chi connectivity index (χ1v) is 6.24. The minimum Gasteiger partial charge on any atom is -0.465 e. The van der Waals surface area contributed by atoms with Crippen molar-refractivity contribution in [3.8, 4) is 5.19 Å². The van der Waals surface area contributed by atoms with Crippen molar-refractivity contribution in [3.63, 3.8) is 0 Å². The number of aromatic nitrogens is 2. The molecule has 1 saturated carbocycles. The Morgan fingerprint density at radius 2 is 2.27 bits per heavy atom. The quantitative estimate of drug-likeness (QED) is 0.854. The minimum atomic E-state index is 0.246. The van der Waals surface area contributed by atoms with Crippen LogP contribution in [0, 0.1) is 12.8 Å². The van der Waals surface area contributed by atoms with E-state index in [4.69, 9.17) is 10.5 Å². The van der Waals surface area contributed by atoms with Crippen LogP contribution in [-0.4, -0.2) is 22.0 Å². The van der Waals surface area contributed by atoms with Gasteiger partial charge in [-0.15, -0.1) is 0 Å². The van der Waals surface area contributed by atoms with E-state index in [-0.39, 0.29) is 6.10 Å². The average molecular weight is 227 g/mol. The highest BCUT2D eigenvalue weighted by molar-refractivity contribution is 7.07. The molecule has 1 heterocycles. The van der Waals surface area contributed by atoms with Gasteiger partial charge >= 0.3 is 0 Å². The maximum atomic E-state index is 5.84. The molecular formula is C10H17N3OS. The molecule has 0 aromatic carbocycles. The van der Waals surface area contributed by atoms with Crippen molar-refractivity contribution < 1.29 is 4.74 Å². The first kappa shape index (κ1) is 10.8. The minimum absolute atomic E-state index is 0.246.